The molecule has 0 aliphatic rings. The van der Waals surface area contributed by atoms with Gasteiger partial charge in [0.2, 0.25) is 0 Å². The van der Waals surface area contributed by atoms with Crippen molar-refractivity contribution in [1.82, 2.24) is 5.32 Å². The quantitative estimate of drug-likeness (QED) is 0.499. The van der Waals surface area contributed by atoms with Crippen molar-refractivity contribution in [1.29, 1.82) is 0 Å². The molecule has 0 unspecified atom stereocenters. The van der Waals surface area contributed by atoms with Crippen molar-refractivity contribution in [3.63, 3.8) is 0 Å². The zero-order valence-electron chi connectivity index (χ0n) is 12.4. The Labute approximate surface area is 120 Å². The van der Waals surface area contributed by atoms with Gasteiger partial charge in [-0.2, -0.15) is 0 Å². The van der Waals surface area contributed by atoms with Gasteiger partial charge in [0.05, 0.1) is 11.4 Å². The number of amides is 1. The maximum atomic E-state index is 11.7. The number of nitrogens with zero attached hydrogens (tertiary/aromatic N) is 1. The summed E-state index contributed by atoms with van der Waals surface area (Å²) in [5.41, 5.74) is 8.15. The molecule has 0 aliphatic carbocycles. The Morgan fingerprint density at radius 2 is 2.10 bits per heavy atom. The molecular weight excluding hydrogens is 254 g/mol. The first-order chi connectivity index (χ1) is 9.60. The molecule has 0 atom stereocenters. The number of benzene rings is 1. The molecule has 0 spiro atoms. The highest BCUT2D eigenvalue weighted by Crippen LogP contribution is 2.23. The molecule has 1 aromatic rings. The minimum absolute atomic E-state index is 0.101. The maximum Gasteiger partial charge on any atom is 0.251 e. The van der Waals surface area contributed by atoms with Gasteiger partial charge < -0.3 is 21.1 Å². The lowest BCUT2D eigenvalue weighted by molar-refractivity contribution is 0.0956. The third kappa shape index (κ3) is 4.74. The number of aliphatic hydroxyl groups excluding tert-OH is 1. The molecule has 0 aromatic heterocycles. The van der Waals surface area contributed by atoms with Crippen LogP contribution in [-0.4, -0.2) is 37.8 Å². The largest absolute Gasteiger partial charge is 0.397 e. The van der Waals surface area contributed by atoms with E-state index in [1.54, 1.807) is 12.1 Å². The number of carbonyl (C=O) groups excluding carboxylic acids is 1. The molecule has 4 N–H and O–H groups in total. The summed E-state index contributed by atoms with van der Waals surface area (Å²) in [6, 6.07) is 5.39. The van der Waals surface area contributed by atoms with Crippen molar-refractivity contribution in [2.45, 2.75) is 26.2 Å². The molecule has 112 valence electrons. The van der Waals surface area contributed by atoms with Crippen LogP contribution in [0.4, 0.5) is 11.4 Å². The molecule has 20 heavy (non-hydrogen) atoms. The fourth-order valence-electron chi connectivity index (χ4n) is 2.06. The Hall–Kier alpha value is -1.75. The summed E-state index contributed by atoms with van der Waals surface area (Å²) in [6.45, 7) is 3.61. The summed E-state index contributed by atoms with van der Waals surface area (Å²) < 4.78 is 0. The highest BCUT2D eigenvalue weighted by molar-refractivity contribution is 5.96. The summed E-state index contributed by atoms with van der Waals surface area (Å²) in [5, 5.41) is 11.5. The third-order valence-corrected chi connectivity index (χ3v) is 3.19. The van der Waals surface area contributed by atoms with Gasteiger partial charge in [-0.3, -0.25) is 4.79 Å². The van der Waals surface area contributed by atoms with Gasteiger partial charge in [-0.25, -0.2) is 0 Å². The summed E-state index contributed by atoms with van der Waals surface area (Å²) in [6.07, 6.45) is 2.84. The molecule has 0 saturated heterocycles. The molecular formula is C15H25N3O2. The van der Waals surface area contributed by atoms with E-state index in [0.29, 0.717) is 17.8 Å². The monoisotopic (exact) mass is 279 g/mol. The number of carbonyl (C=O) groups is 1. The van der Waals surface area contributed by atoms with E-state index in [1.807, 2.05) is 20.0 Å². The van der Waals surface area contributed by atoms with Crippen LogP contribution in [0.2, 0.25) is 0 Å². The minimum Gasteiger partial charge on any atom is -0.397 e. The highest BCUT2D eigenvalue weighted by atomic mass is 16.2. The van der Waals surface area contributed by atoms with E-state index in [9.17, 15) is 4.79 Å². The van der Waals surface area contributed by atoms with Crippen LogP contribution in [0.25, 0.3) is 0 Å². The smallest absolute Gasteiger partial charge is 0.251 e. The summed E-state index contributed by atoms with van der Waals surface area (Å²) in [4.78, 5) is 13.8. The van der Waals surface area contributed by atoms with Gasteiger partial charge in [-0.05, 0) is 44.4 Å². The molecule has 0 heterocycles. The van der Waals surface area contributed by atoms with E-state index in [-0.39, 0.29) is 12.5 Å². The molecule has 0 bridgehead atoms. The van der Waals surface area contributed by atoms with Gasteiger partial charge in [0.15, 0.2) is 0 Å². The first-order valence-corrected chi connectivity index (χ1v) is 7.09. The lowest BCUT2D eigenvalue weighted by Gasteiger charge is -2.21. The van der Waals surface area contributed by atoms with Crippen LogP contribution >= 0.6 is 0 Å². The second-order valence-corrected chi connectivity index (χ2v) is 4.84. The normalized spacial score (nSPS) is 10.3. The number of hydrogen-bond donors (Lipinski definition) is 3. The Morgan fingerprint density at radius 1 is 1.35 bits per heavy atom. The van der Waals surface area contributed by atoms with Gasteiger partial charge in [-0.1, -0.05) is 0 Å². The van der Waals surface area contributed by atoms with Crippen LogP contribution < -0.4 is 16.0 Å². The summed E-state index contributed by atoms with van der Waals surface area (Å²) in [7, 11) is 1.98. The van der Waals surface area contributed by atoms with E-state index in [0.717, 1.165) is 31.5 Å². The fourth-order valence-corrected chi connectivity index (χ4v) is 2.06. The maximum absolute atomic E-state index is 11.7. The zero-order valence-corrected chi connectivity index (χ0v) is 12.4. The van der Waals surface area contributed by atoms with Crippen LogP contribution in [0.15, 0.2) is 18.2 Å². The van der Waals surface area contributed by atoms with Crippen LogP contribution in [0.1, 0.15) is 36.5 Å². The van der Waals surface area contributed by atoms with Crippen LogP contribution in [-0.2, 0) is 0 Å². The molecule has 0 aliphatic heterocycles. The number of nitrogens with two attached hydrogens (primary N) is 1. The van der Waals surface area contributed by atoms with Gasteiger partial charge in [0.1, 0.15) is 0 Å². The lowest BCUT2D eigenvalue weighted by atomic mass is 10.1. The van der Waals surface area contributed by atoms with E-state index in [2.05, 4.69) is 10.2 Å². The number of unbranched alkanes of at least 4 members (excludes halogenated alkanes) is 2. The fraction of sp³-hybridized carbons (Fsp3) is 0.533. The van der Waals surface area contributed by atoms with Crippen LogP contribution in [0.3, 0.4) is 0 Å². The van der Waals surface area contributed by atoms with Gasteiger partial charge in [-0.15, -0.1) is 0 Å². The van der Waals surface area contributed by atoms with Crippen molar-refractivity contribution in [2.75, 3.05) is 37.4 Å². The third-order valence-electron chi connectivity index (χ3n) is 3.19. The van der Waals surface area contributed by atoms with Crippen molar-refractivity contribution in [3.8, 4) is 0 Å². The number of nitrogen functional groups attached to an aromatic ring is 1. The first-order valence-electron chi connectivity index (χ1n) is 7.09. The minimum atomic E-state index is -0.101. The Morgan fingerprint density at radius 3 is 2.70 bits per heavy atom. The number of nitrogens with one attached hydrogen (secondary N) is 1. The average Bonchev–Trinajstić information content (AvgIpc) is 2.43. The predicted molar refractivity (Wildman–Crippen MR) is 83.1 cm³/mol. The van der Waals surface area contributed by atoms with Crippen LogP contribution in [0.5, 0.6) is 0 Å². The van der Waals surface area contributed by atoms with Crippen molar-refractivity contribution in [2.24, 2.45) is 0 Å². The SMILES string of the molecule is CCNC(=O)c1ccc(N(C)CCCCCO)c(N)c1. The predicted octanol–water partition coefficient (Wildman–Crippen LogP) is 1.62. The van der Waals surface area contributed by atoms with Crippen molar-refractivity contribution >= 4 is 17.3 Å². The number of hydrogen-bond acceptors (Lipinski definition) is 4. The topological polar surface area (TPSA) is 78.6 Å². The summed E-state index contributed by atoms with van der Waals surface area (Å²) in [5.74, 6) is -0.101. The van der Waals surface area contributed by atoms with Crippen molar-refractivity contribution < 1.29 is 9.90 Å². The summed E-state index contributed by atoms with van der Waals surface area (Å²) >= 11 is 0. The van der Waals surface area contributed by atoms with Gasteiger partial charge >= 0.3 is 0 Å². The van der Waals surface area contributed by atoms with Crippen molar-refractivity contribution in [3.05, 3.63) is 23.8 Å². The number of rotatable bonds is 8. The number of anilines is 2. The second-order valence-electron chi connectivity index (χ2n) is 4.84. The van der Waals surface area contributed by atoms with E-state index in [4.69, 9.17) is 10.8 Å². The Bertz CT molecular complexity index is 435. The molecule has 0 saturated carbocycles. The molecule has 1 amide bonds. The second kappa shape index (κ2) is 8.43. The standard InChI is InChI=1S/C15H25N3O2/c1-3-17-15(20)12-7-8-14(13(16)11-12)18(2)9-5-4-6-10-19/h7-8,11,19H,3-6,9-10,16H2,1-2H3,(H,17,20). The Balaban J connectivity index is 2.65. The van der Waals surface area contributed by atoms with E-state index >= 15 is 0 Å². The van der Waals surface area contributed by atoms with Gasteiger partial charge in [0, 0.05) is 32.3 Å². The Kier molecular flexibility index (Phi) is 6.87. The molecule has 5 heteroatoms. The lowest BCUT2D eigenvalue weighted by Crippen LogP contribution is -2.24. The average molecular weight is 279 g/mol. The van der Waals surface area contributed by atoms with Gasteiger partial charge in [0.25, 0.3) is 5.91 Å². The van der Waals surface area contributed by atoms with E-state index in [1.165, 1.54) is 0 Å². The molecule has 5 nitrogen and oxygen atoms in total. The van der Waals surface area contributed by atoms with Crippen LogP contribution in [0, 0.1) is 0 Å². The molecule has 0 fully saturated rings. The number of aliphatic hydroxyl groups is 1. The zero-order chi connectivity index (χ0) is 15.0. The molecule has 0 radical (unpaired) electrons. The highest BCUT2D eigenvalue weighted by Gasteiger charge is 2.09. The van der Waals surface area contributed by atoms with E-state index < -0.39 is 0 Å². The molecule has 1 aromatic carbocycles. The first kappa shape index (κ1) is 16.3. The molecule has 1 rings (SSSR count).